The summed E-state index contributed by atoms with van der Waals surface area (Å²) < 4.78 is 0.547. The van der Waals surface area contributed by atoms with Crippen molar-refractivity contribution < 1.29 is 5.11 Å². The number of aromatic amines is 1. The summed E-state index contributed by atoms with van der Waals surface area (Å²) >= 11 is 19.8. The summed E-state index contributed by atoms with van der Waals surface area (Å²) in [5.41, 5.74) is 1.87. The highest BCUT2D eigenvalue weighted by Gasteiger charge is 2.09. The highest BCUT2D eigenvalue weighted by atomic mass is 35.5. The molecule has 24 heavy (non-hydrogen) atoms. The Balaban J connectivity index is 1.69. The minimum Gasteiger partial charge on any atom is -0.494 e. The van der Waals surface area contributed by atoms with Gasteiger partial charge < -0.3 is 10.1 Å². The van der Waals surface area contributed by atoms with E-state index in [0.717, 1.165) is 16.1 Å². The molecule has 0 unspecified atom stereocenters. The van der Waals surface area contributed by atoms with Crippen LogP contribution in [0.3, 0.4) is 0 Å². The lowest BCUT2D eigenvalue weighted by atomic mass is 10.2. The molecule has 0 radical (unpaired) electrons. The van der Waals surface area contributed by atoms with Crippen molar-refractivity contribution in [1.29, 1.82) is 0 Å². The van der Waals surface area contributed by atoms with Gasteiger partial charge in [-0.1, -0.05) is 41.0 Å². The first-order chi connectivity index (χ1) is 11.5. The maximum absolute atomic E-state index is 9.78. The van der Waals surface area contributed by atoms with Crippen molar-refractivity contribution in [3.63, 3.8) is 0 Å². The van der Waals surface area contributed by atoms with E-state index in [0.29, 0.717) is 31.3 Å². The molecule has 2 N–H and O–H groups in total. The monoisotopic (exact) mass is 415 g/mol. The van der Waals surface area contributed by atoms with E-state index in [1.807, 2.05) is 18.2 Å². The zero-order chi connectivity index (χ0) is 17.1. The van der Waals surface area contributed by atoms with E-state index < -0.39 is 0 Å². The topological polar surface area (TPSA) is 61.8 Å². The lowest BCUT2D eigenvalue weighted by Gasteiger charge is -2.04. The molecular weight excluding hydrogens is 405 g/mol. The van der Waals surface area contributed by atoms with Gasteiger partial charge >= 0.3 is 0 Å². The van der Waals surface area contributed by atoms with Gasteiger partial charge in [0.05, 0.1) is 20.6 Å². The van der Waals surface area contributed by atoms with Crippen LogP contribution in [0.1, 0.15) is 16.1 Å². The molecule has 2 heterocycles. The number of aromatic nitrogens is 3. The predicted molar refractivity (Wildman–Crippen MR) is 102 cm³/mol. The SMILES string of the molecule is Oc1[nH]c(=S)sc1Cc1ccnc(SCc2ccc(Cl)c(Cl)c2)n1. The van der Waals surface area contributed by atoms with Crippen molar-refractivity contribution in [2.75, 3.05) is 0 Å². The second-order valence-electron chi connectivity index (χ2n) is 4.83. The maximum atomic E-state index is 9.78. The standard InChI is InChI=1S/C15H11Cl2N3OS3/c16-10-2-1-8(5-11(10)17)7-23-14-18-4-3-9(19-14)6-12-13(21)20-15(22)24-12/h1-5,21H,6-7H2,(H,20,22). The van der Waals surface area contributed by atoms with Gasteiger partial charge in [-0.3, -0.25) is 0 Å². The number of halogens is 2. The Morgan fingerprint density at radius 1 is 1.25 bits per heavy atom. The Morgan fingerprint density at radius 2 is 2.08 bits per heavy atom. The molecule has 0 aliphatic heterocycles. The van der Waals surface area contributed by atoms with E-state index in [1.54, 1.807) is 12.3 Å². The minimum absolute atomic E-state index is 0.105. The molecule has 0 spiro atoms. The first-order valence-corrected chi connectivity index (χ1v) is 9.77. The van der Waals surface area contributed by atoms with Crippen LogP contribution in [0.2, 0.25) is 10.0 Å². The highest BCUT2D eigenvalue weighted by Crippen LogP contribution is 2.27. The second-order valence-corrected chi connectivity index (χ2v) is 8.36. The molecule has 0 saturated heterocycles. The summed E-state index contributed by atoms with van der Waals surface area (Å²) in [5.74, 6) is 0.794. The van der Waals surface area contributed by atoms with Crippen molar-refractivity contribution >= 4 is 58.5 Å². The Morgan fingerprint density at radius 3 is 2.79 bits per heavy atom. The number of benzene rings is 1. The van der Waals surface area contributed by atoms with Crippen LogP contribution >= 0.6 is 58.5 Å². The van der Waals surface area contributed by atoms with E-state index >= 15 is 0 Å². The first kappa shape index (κ1) is 17.7. The van der Waals surface area contributed by atoms with Crippen molar-refractivity contribution in [1.82, 2.24) is 15.0 Å². The molecule has 0 atom stereocenters. The fourth-order valence-corrected chi connectivity index (χ4v) is 4.21. The van der Waals surface area contributed by atoms with Gasteiger partial charge in [0.25, 0.3) is 0 Å². The number of nitrogens with one attached hydrogen (secondary N) is 1. The molecule has 124 valence electrons. The molecule has 4 nitrogen and oxygen atoms in total. The minimum atomic E-state index is 0.105. The van der Waals surface area contributed by atoms with Gasteiger partial charge in [-0.2, -0.15) is 0 Å². The normalized spacial score (nSPS) is 10.9. The summed E-state index contributed by atoms with van der Waals surface area (Å²) in [5, 5.41) is 11.5. The summed E-state index contributed by atoms with van der Waals surface area (Å²) in [6.45, 7) is 0. The van der Waals surface area contributed by atoms with Crippen molar-refractivity contribution in [3.05, 3.63) is 60.6 Å². The average Bonchev–Trinajstić information content (AvgIpc) is 2.86. The van der Waals surface area contributed by atoms with Gasteiger partial charge in [0.15, 0.2) is 9.11 Å². The van der Waals surface area contributed by atoms with Gasteiger partial charge in [-0.05, 0) is 36.0 Å². The van der Waals surface area contributed by atoms with Crippen molar-refractivity contribution in [2.45, 2.75) is 17.3 Å². The number of thiazole rings is 1. The lowest BCUT2D eigenvalue weighted by Crippen LogP contribution is -1.95. The molecule has 1 aromatic carbocycles. The molecule has 0 amide bonds. The summed E-state index contributed by atoms with van der Waals surface area (Å²) in [6, 6.07) is 7.37. The van der Waals surface area contributed by atoms with E-state index in [2.05, 4.69) is 15.0 Å². The molecule has 0 aliphatic carbocycles. The molecule has 0 bridgehead atoms. The average molecular weight is 416 g/mol. The largest absolute Gasteiger partial charge is 0.494 e. The molecule has 0 fully saturated rings. The molecule has 3 rings (SSSR count). The van der Waals surface area contributed by atoms with Crippen LogP contribution in [-0.2, 0) is 12.2 Å². The third-order valence-corrected chi connectivity index (χ3v) is 5.98. The van der Waals surface area contributed by atoms with Crippen LogP contribution in [0, 0.1) is 3.95 Å². The van der Waals surface area contributed by atoms with E-state index in [4.69, 9.17) is 35.4 Å². The van der Waals surface area contributed by atoms with Gasteiger partial charge in [0, 0.05) is 18.4 Å². The number of hydrogen-bond donors (Lipinski definition) is 2. The number of H-pyrrole nitrogens is 1. The number of thioether (sulfide) groups is 1. The fourth-order valence-electron chi connectivity index (χ4n) is 1.96. The molecule has 3 aromatic rings. The number of hydrogen-bond acceptors (Lipinski definition) is 6. The fraction of sp³-hybridized carbons (Fsp3) is 0.133. The molecule has 0 aliphatic rings. The smallest absolute Gasteiger partial charge is 0.204 e. The van der Waals surface area contributed by atoms with Crippen molar-refractivity contribution in [3.8, 4) is 5.88 Å². The van der Waals surface area contributed by atoms with E-state index in [1.165, 1.54) is 23.1 Å². The lowest BCUT2D eigenvalue weighted by molar-refractivity contribution is 0.451. The maximum Gasteiger partial charge on any atom is 0.204 e. The Labute approximate surface area is 161 Å². The third kappa shape index (κ3) is 4.49. The zero-order valence-electron chi connectivity index (χ0n) is 12.1. The van der Waals surface area contributed by atoms with E-state index in [-0.39, 0.29) is 5.88 Å². The van der Waals surface area contributed by atoms with Crippen LogP contribution < -0.4 is 0 Å². The van der Waals surface area contributed by atoms with E-state index in [9.17, 15) is 5.11 Å². The van der Waals surface area contributed by atoms with Crippen LogP contribution in [-0.4, -0.2) is 20.1 Å². The van der Waals surface area contributed by atoms with Crippen LogP contribution in [0.4, 0.5) is 0 Å². The molecular formula is C15H11Cl2N3OS3. The number of rotatable bonds is 5. The summed E-state index contributed by atoms with van der Waals surface area (Å²) in [6.07, 6.45) is 2.22. The number of aromatic hydroxyl groups is 1. The molecule has 2 aromatic heterocycles. The molecule has 0 saturated carbocycles. The second kappa shape index (κ2) is 7.84. The van der Waals surface area contributed by atoms with Gasteiger partial charge in [-0.25, -0.2) is 9.97 Å². The summed E-state index contributed by atoms with van der Waals surface area (Å²) in [7, 11) is 0. The zero-order valence-corrected chi connectivity index (χ0v) is 16.1. The van der Waals surface area contributed by atoms with Gasteiger partial charge in [-0.15, -0.1) is 11.3 Å². The Kier molecular flexibility index (Phi) is 5.78. The quantitative estimate of drug-likeness (QED) is 0.327. The summed E-state index contributed by atoms with van der Waals surface area (Å²) in [4.78, 5) is 12.3. The Hall–Kier alpha value is -1.12. The Bertz CT molecular complexity index is 926. The van der Waals surface area contributed by atoms with Crippen LogP contribution in [0.15, 0.2) is 35.6 Å². The van der Waals surface area contributed by atoms with Crippen LogP contribution in [0.25, 0.3) is 0 Å². The predicted octanol–water partition coefficient (Wildman–Crippen LogP) is 5.49. The van der Waals surface area contributed by atoms with Crippen LogP contribution in [0.5, 0.6) is 5.88 Å². The third-order valence-electron chi connectivity index (χ3n) is 3.09. The number of nitrogens with zero attached hydrogens (tertiary/aromatic N) is 2. The first-order valence-electron chi connectivity index (χ1n) is 6.81. The van der Waals surface area contributed by atoms with Gasteiger partial charge in [0.2, 0.25) is 5.88 Å². The van der Waals surface area contributed by atoms with Gasteiger partial charge in [0.1, 0.15) is 0 Å². The molecule has 9 heteroatoms. The highest BCUT2D eigenvalue weighted by molar-refractivity contribution is 7.98. The van der Waals surface area contributed by atoms with Crippen molar-refractivity contribution in [2.24, 2.45) is 0 Å².